The molecule has 0 aliphatic heterocycles. The van der Waals surface area contributed by atoms with E-state index in [1.54, 1.807) is 6.92 Å². The fraction of sp³-hybridized carbons (Fsp3) is 0.667. The van der Waals surface area contributed by atoms with Crippen LogP contribution >= 0.6 is 11.6 Å². The first-order valence-electron chi connectivity index (χ1n) is 9.66. The van der Waals surface area contributed by atoms with Gasteiger partial charge in [-0.3, -0.25) is 4.79 Å². The predicted molar refractivity (Wildman–Crippen MR) is 104 cm³/mol. The lowest BCUT2D eigenvalue weighted by Crippen LogP contribution is -2.26. The quantitative estimate of drug-likeness (QED) is 0.388. The minimum atomic E-state index is 0.0297. The molecule has 0 spiro atoms. The lowest BCUT2D eigenvalue weighted by molar-refractivity contribution is -0.119. The van der Waals surface area contributed by atoms with Gasteiger partial charge in [0.05, 0.1) is 6.04 Å². The van der Waals surface area contributed by atoms with E-state index in [-0.39, 0.29) is 11.9 Å². The van der Waals surface area contributed by atoms with Gasteiger partial charge in [-0.1, -0.05) is 94.9 Å². The third-order valence-corrected chi connectivity index (χ3v) is 4.75. The maximum atomic E-state index is 11.4. The second-order valence-corrected chi connectivity index (χ2v) is 7.21. The van der Waals surface area contributed by atoms with E-state index in [9.17, 15) is 4.79 Å². The fourth-order valence-electron chi connectivity index (χ4n) is 3.10. The molecule has 24 heavy (non-hydrogen) atoms. The van der Waals surface area contributed by atoms with E-state index in [0.29, 0.717) is 0 Å². The maximum absolute atomic E-state index is 11.4. The molecule has 0 aliphatic carbocycles. The van der Waals surface area contributed by atoms with Crippen molar-refractivity contribution in [1.82, 2.24) is 5.32 Å². The number of nitrogens with one attached hydrogen (secondary N) is 1. The van der Waals surface area contributed by atoms with Crippen molar-refractivity contribution in [2.75, 3.05) is 0 Å². The molecule has 1 aromatic carbocycles. The van der Waals surface area contributed by atoms with Gasteiger partial charge in [-0.05, 0) is 24.1 Å². The standard InChI is InChI=1S/C21H34ClNO/c1-3-4-5-6-7-8-9-10-11-12-13-21(23-18(2)24)19-14-16-20(22)17-15-19/h14-17,21H,3-13H2,1-2H3,(H,23,24)/t21-/m0/s1. The van der Waals surface area contributed by atoms with Crippen LogP contribution in [0.2, 0.25) is 5.02 Å². The Balaban J connectivity index is 2.19. The van der Waals surface area contributed by atoms with Crippen molar-refractivity contribution >= 4 is 17.5 Å². The van der Waals surface area contributed by atoms with Crippen LogP contribution < -0.4 is 5.32 Å². The van der Waals surface area contributed by atoms with E-state index in [1.165, 1.54) is 57.8 Å². The SMILES string of the molecule is CCCCCCCCCCCC[C@H](NC(C)=O)c1ccc(Cl)cc1. The number of benzene rings is 1. The van der Waals surface area contributed by atoms with Crippen molar-refractivity contribution in [2.45, 2.75) is 90.5 Å². The van der Waals surface area contributed by atoms with Crippen molar-refractivity contribution in [1.29, 1.82) is 0 Å². The topological polar surface area (TPSA) is 29.1 Å². The first-order valence-corrected chi connectivity index (χ1v) is 10.0. The Labute approximate surface area is 153 Å². The van der Waals surface area contributed by atoms with Crippen LogP contribution in [0.3, 0.4) is 0 Å². The molecule has 1 atom stereocenters. The summed E-state index contributed by atoms with van der Waals surface area (Å²) >= 11 is 5.95. The fourth-order valence-corrected chi connectivity index (χ4v) is 3.22. The molecule has 3 heteroatoms. The number of rotatable bonds is 13. The molecule has 0 fully saturated rings. The predicted octanol–water partition coefficient (Wildman–Crippen LogP) is 6.83. The van der Waals surface area contributed by atoms with Crippen molar-refractivity contribution < 1.29 is 4.79 Å². The Morgan fingerprint density at radius 2 is 1.42 bits per heavy atom. The molecular formula is C21H34ClNO. The largest absolute Gasteiger partial charge is 0.350 e. The van der Waals surface area contributed by atoms with Gasteiger partial charge in [-0.25, -0.2) is 0 Å². The van der Waals surface area contributed by atoms with Crippen molar-refractivity contribution in [3.8, 4) is 0 Å². The van der Waals surface area contributed by atoms with E-state index < -0.39 is 0 Å². The highest BCUT2D eigenvalue weighted by molar-refractivity contribution is 6.30. The van der Waals surface area contributed by atoms with Crippen LogP contribution in [0.1, 0.15) is 96.1 Å². The summed E-state index contributed by atoms with van der Waals surface area (Å²) < 4.78 is 0. The summed E-state index contributed by atoms with van der Waals surface area (Å²) in [7, 11) is 0. The van der Waals surface area contributed by atoms with E-state index in [2.05, 4.69) is 12.2 Å². The van der Waals surface area contributed by atoms with Crippen LogP contribution in [0, 0.1) is 0 Å². The number of carbonyl (C=O) groups is 1. The normalized spacial score (nSPS) is 12.1. The third kappa shape index (κ3) is 9.97. The zero-order valence-corrected chi connectivity index (χ0v) is 16.2. The van der Waals surface area contributed by atoms with Crippen LogP contribution in [0.15, 0.2) is 24.3 Å². The van der Waals surface area contributed by atoms with E-state index >= 15 is 0 Å². The molecule has 136 valence electrons. The minimum Gasteiger partial charge on any atom is -0.350 e. The molecule has 1 N–H and O–H groups in total. The molecule has 0 aliphatic rings. The van der Waals surface area contributed by atoms with Crippen molar-refractivity contribution in [3.63, 3.8) is 0 Å². The summed E-state index contributed by atoms with van der Waals surface area (Å²) in [5.74, 6) is 0.0297. The Hall–Kier alpha value is -1.02. The second kappa shape index (κ2) is 13.3. The van der Waals surface area contributed by atoms with E-state index in [4.69, 9.17) is 11.6 Å². The van der Waals surface area contributed by atoms with Crippen LogP contribution in [-0.2, 0) is 4.79 Å². The van der Waals surface area contributed by atoms with Gasteiger partial charge in [-0.15, -0.1) is 0 Å². The molecule has 2 nitrogen and oxygen atoms in total. The lowest BCUT2D eigenvalue weighted by atomic mass is 9.99. The molecule has 1 aromatic rings. The van der Waals surface area contributed by atoms with Crippen LogP contribution in [0.25, 0.3) is 0 Å². The molecule has 0 aromatic heterocycles. The number of hydrogen-bond acceptors (Lipinski definition) is 1. The van der Waals surface area contributed by atoms with E-state index in [1.807, 2.05) is 24.3 Å². The average Bonchev–Trinajstić information content (AvgIpc) is 2.56. The van der Waals surface area contributed by atoms with Gasteiger partial charge in [0.1, 0.15) is 0 Å². The summed E-state index contributed by atoms with van der Waals surface area (Å²) in [6, 6.07) is 7.92. The number of hydrogen-bond donors (Lipinski definition) is 1. The Bertz CT molecular complexity index is 444. The summed E-state index contributed by atoms with van der Waals surface area (Å²) in [4.78, 5) is 11.4. The number of carbonyl (C=O) groups excluding carboxylic acids is 1. The summed E-state index contributed by atoms with van der Waals surface area (Å²) in [5.41, 5.74) is 1.14. The lowest BCUT2D eigenvalue weighted by Gasteiger charge is -2.18. The first-order chi connectivity index (χ1) is 11.6. The zero-order valence-electron chi connectivity index (χ0n) is 15.5. The molecule has 0 radical (unpaired) electrons. The molecular weight excluding hydrogens is 318 g/mol. The third-order valence-electron chi connectivity index (χ3n) is 4.50. The average molecular weight is 352 g/mol. The summed E-state index contributed by atoms with van der Waals surface area (Å²) in [5, 5.41) is 3.80. The second-order valence-electron chi connectivity index (χ2n) is 6.78. The van der Waals surface area contributed by atoms with Crippen molar-refractivity contribution in [3.05, 3.63) is 34.9 Å². The molecule has 0 bridgehead atoms. The summed E-state index contributed by atoms with van der Waals surface area (Å²) in [6.45, 7) is 3.85. The van der Waals surface area contributed by atoms with Gasteiger partial charge >= 0.3 is 0 Å². The van der Waals surface area contributed by atoms with E-state index in [0.717, 1.165) is 23.4 Å². The maximum Gasteiger partial charge on any atom is 0.217 e. The first kappa shape index (κ1) is 21.0. The van der Waals surface area contributed by atoms with Crippen LogP contribution in [0.5, 0.6) is 0 Å². The monoisotopic (exact) mass is 351 g/mol. The molecule has 0 saturated heterocycles. The van der Waals surface area contributed by atoms with Gasteiger partial charge in [0.25, 0.3) is 0 Å². The number of unbranched alkanes of at least 4 members (excludes halogenated alkanes) is 9. The Morgan fingerprint density at radius 3 is 1.92 bits per heavy atom. The molecule has 0 heterocycles. The highest BCUT2D eigenvalue weighted by Gasteiger charge is 2.12. The minimum absolute atomic E-state index is 0.0297. The number of amides is 1. The van der Waals surface area contributed by atoms with Gasteiger partial charge in [0.15, 0.2) is 0 Å². The van der Waals surface area contributed by atoms with Crippen LogP contribution in [-0.4, -0.2) is 5.91 Å². The van der Waals surface area contributed by atoms with Gasteiger partial charge in [-0.2, -0.15) is 0 Å². The molecule has 1 rings (SSSR count). The van der Waals surface area contributed by atoms with Crippen LogP contribution in [0.4, 0.5) is 0 Å². The summed E-state index contributed by atoms with van der Waals surface area (Å²) in [6.07, 6.45) is 14.3. The van der Waals surface area contributed by atoms with Gasteiger partial charge in [0, 0.05) is 11.9 Å². The highest BCUT2D eigenvalue weighted by Crippen LogP contribution is 2.22. The smallest absolute Gasteiger partial charge is 0.217 e. The highest BCUT2D eigenvalue weighted by atomic mass is 35.5. The Kier molecular flexibility index (Phi) is 11.6. The zero-order chi connectivity index (χ0) is 17.6. The van der Waals surface area contributed by atoms with Crippen molar-refractivity contribution in [2.24, 2.45) is 0 Å². The van der Waals surface area contributed by atoms with Gasteiger partial charge < -0.3 is 5.32 Å². The van der Waals surface area contributed by atoms with Gasteiger partial charge in [0.2, 0.25) is 5.91 Å². The molecule has 1 amide bonds. The molecule has 0 saturated carbocycles. The number of halogens is 1. The molecule has 0 unspecified atom stereocenters. The Morgan fingerprint density at radius 1 is 0.917 bits per heavy atom.